The predicted octanol–water partition coefficient (Wildman–Crippen LogP) is 4.42. The molecule has 0 bridgehead atoms. The Bertz CT molecular complexity index is 475. The smallest absolute Gasteiger partial charge is 0.405 e. The van der Waals surface area contributed by atoms with Gasteiger partial charge in [0.05, 0.1) is 0 Å². The normalized spacial score (nSPS) is 12.8. The molecule has 0 heterocycles. The van der Waals surface area contributed by atoms with Crippen molar-refractivity contribution in [3.05, 3.63) is 29.8 Å². The number of carbonyl (C=O) groups is 1. The van der Waals surface area contributed by atoms with Crippen LogP contribution in [0.25, 0.3) is 0 Å². The lowest BCUT2D eigenvalue weighted by molar-refractivity contribution is -0.274. The Morgan fingerprint density at radius 3 is 2.55 bits per heavy atom. The molecule has 0 fully saturated rings. The van der Waals surface area contributed by atoms with Crippen molar-refractivity contribution in [2.24, 2.45) is 5.92 Å². The van der Waals surface area contributed by atoms with Gasteiger partial charge < -0.3 is 10.1 Å². The van der Waals surface area contributed by atoms with Gasteiger partial charge >= 0.3 is 6.36 Å². The fraction of sp³-hybridized carbons (Fsp3) is 0.562. The Kier molecular flexibility index (Phi) is 7.21. The van der Waals surface area contributed by atoms with Crippen LogP contribution in [0.15, 0.2) is 24.3 Å². The maximum atomic E-state index is 12.3. The van der Waals surface area contributed by atoms with Crippen molar-refractivity contribution in [3.63, 3.8) is 0 Å². The molecule has 0 radical (unpaired) electrons. The van der Waals surface area contributed by atoms with Crippen LogP contribution in [0.1, 0.15) is 45.1 Å². The monoisotopic (exact) mass is 317 g/mol. The number of rotatable bonds is 8. The summed E-state index contributed by atoms with van der Waals surface area (Å²) in [6.45, 7) is 4.00. The molecule has 0 aliphatic heterocycles. The van der Waals surface area contributed by atoms with Crippen molar-refractivity contribution >= 4 is 5.91 Å². The zero-order valence-electron chi connectivity index (χ0n) is 12.9. The SMILES string of the molecule is CCCCC(CC)C(=O)NCc1ccccc1OC(F)(F)F. The summed E-state index contributed by atoms with van der Waals surface area (Å²) in [5.74, 6) is -0.509. The number of carbonyl (C=O) groups excluding carboxylic acids is 1. The number of hydrogen-bond acceptors (Lipinski definition) is 2. The maximum Gasteiger partial charge on any atom is 0.573 e. The molecule has 22 heavy (non-hydrogen) atoms. The summed E-state index contributed by atoms with van der Waals surface area (Å²) in [5, 5.41) is 2.70. The number of unbranched alkanes of at least 4 members (excludes halogenated alkanes) is 1. The van der Waals surface area contributed by atoms with E-state index in [-0.39, 0.29) is 24.1 Å². The second-order valence-electron chi connectivity index (χ2n) is 5.12. The van der Waals surface area contributed by atoms with Crippen molar-refractivity contribution in [2.45, 2.75) is 52.4 Å². The Morgan fingerprint density at radius 1 is 1.27 bits per heavy atom. The van der Waals surface area contributed by atoms with Crippen molar-refractivity contribution in [2.75, 3.05) is 0 Å². The van der Waals surface area contributed by atoms with Crippen LogP contribution in [0, 0.1) is 5.92 Å². The van der Waals surface area contributed by atoms with E-state index in [9.17, 15) is 18.0 Å². The lowest BCUT2D eigenvalue weighted by Crippen LogP contribution is -2.30. The number of ether oxygens (including phenoxy) is 1. The summed E-state index contributed by atoms with van der Waals surface area (Å²) < 4.78 is 41.0. The Morgan fingerprint density at radius 2 is 1.95 bits per heavy atom. The van der Waals surface area contributed by atoms with E-state index < -0.39 is 6.36 Å². The van der Waals surface area contributed by atoms with Gasteiger partial charge in [0.2, 0.25) is 5.91 Å². The minimum atomic E-state index is -4.74. The molecule has 3 nitrogen and oxygen atoms in total. The molecule has 0 saturated carbocycles. The van der Waals surface area contributed by atoms with Gasteiger partial charge in [-0.05, 0) is 18.9 Å². The molecule has 1 rings (SSSR count). The zero-order chi connectivity index (χ0) is 16.6. The number of benzene rings is 1. The van der Waals surface area contributed by atoms with Gasteiger partial charge in [-0.25, -0.2) is 0 Å². The van der Waals surface area contributed by atoms with E-state index in [1.165, 1.54) is 18.2 Å². The molecular formula is C16H22F3NO2. The number of alkyl halides is 3. The highest BCUT2D eigenvalue weighted by atomic mass is 19.4. The van der Waals surface area contributed by atoms with Crippen molar-refractivity contribution < 1.29 is 22.7 Å². The number of hydrogen-bond donors (Lipinski definition) is 1. The van der Waals surface area contributed by atoms with Crippen LogP contribution < -0.4 is 10.1 Å². The van der Waals surface area contributed by atoms with E-state index in [1.807, 2.05) is 6.92 Å². The van der Waals surface area contributed by atoms with E-state index in [0.29, 0.717) is 12.0 Å². The second kappa shape index (κ2) is 8.66. The first-order valence-electron chi connectivity index (χ1n) is 7.48. The predicted molar refractivity (Wildman–Crippen MR) is 78.3 cm³/mol. The lowest BCUT2D eigenvalue weighted by atomic mass is 9.98. The van der Waals surface area contributed by atoms with E-state index in [2.05, 4.69) is 17.0 Å². The Labute approximate surface area is 128 Å². The fourth-order valence-corrected chi connectivity index (χ4v) is 2.17. The van der Waals surface area contributed by atoms with Gasteiger partial charge in [-0.15, -0.1) is 13.2 Å². The van der Waals surface area contributed by atoms with E-state index in [1.54, 1.807) is 6.07 Å². The van der Waals surface area contributed by atoms with Gasteiger partial charge in [0.1, 0.15) is 5.75 Å². The van der Waals surface area contributed by atoms with Gasteiger partial charge in [-0.3, -0.25) is 4.79 Å². The Hall–Kier alpha value is -1.72. The van der Waals surface area contributed by atoms with E-state index in [4.69, 9.17) is 0 Å². The van der Waals surface area contributed by atoms with Crippen LogP contribution in [0.2, 0.25) is 0 Å². The number of para-hydroxylation sites is 1. The maximum absolute atomic E-state index is 12.3. The average Bonchev–Trinajstić information content (AvgIpc) is 2.45. The third kappa shape index (κ3) is 6.37. The highest BCUT2D eigenvalue weighted by Gasteiger charge is 2.32. The molecule has 0 aliphatic rings. The van der Waals surface area contributed by atoms with Crippen LogP contribution >= 0.6 is 0 Å². The van der Waals surface area contributed by atoms with Gasteiger partial charge in [0.15, 0.2) is 0 Å². The van der Waals surface area contributed by atoms with Gasteiger partial charge in [0, 0.05) is 18.0 Å². The van der Waals surface area contributed by atoms with Crippen molar-refractivity contribution in [1.29, 1.82) is 0 Å². The van der Waals surface area contributed by atoms with E-state index >= 15 is 0 Å². The fourth-order valence-electron chi connectivity index (χ4n) is 2.17. The standard InChI is InChI=1S/C16H22F3NO2/c1-3-5-8-12(4-2)15(21)20-11-13-9-6-7-10-14(13)22-16(17,18)19/h6-7,9-10,12H,3-5,8,11H2,1-2H3,(H,20,21). The number of amides is 1. The summed E-state index contributed by atoms with van der Waals surface area (Å²) >= 11 is 0. The number of halogens is 3. The molecule has 0 spiro atoms. The topological polar surface area (TPSA) is 38.3 Å². The molecule has 1 atom stereocenters. The first-order valence-corrected chi connectivity index (χ1v) is 7.48. The molecule has 0 saturated heterocycles. The van der Waals surface area contributed by atoms with E-state index in [0.717, 1.165) is 19.3 Å². The molecule has 1 aromatic rings. The first-order chi connectivity index (χ1) is 10.4. The van der Waals surface area contributed by atoms with Gasteiger partial charge in [-0.2, -0.15) is 0 Å². The molecule has 0 aliphatic carbocycles. The summed E-state index contributed by atoms with van der Waals surface area (Å²) in [7, 11) is 0. The van der Waals surface area contributed by atoms with Crippen LogP contribution in [0.5, 0.6) is 5.75 Å². The van der Waals surface area contributed by atoms with Crippen LogP contribution in [-0.4, -0.2) is 12.3 Å². The molecule has 1 aromatic carbocycles. The van der Waals surface area contributed by atoms with Crippen molar-refractivity contribution in [3.8, 4) is 5.75 Å². The van der Waals surface area contributed by atoms with Gasteiger partial charge in [0.25, 0.3) is 0 Å². The average molecular weight is 317 g/mol. The minimum absolute atomic E-state index is 0.0215. The first kappa shape index (κ1) is 18.3. The second-order valence-corrected chi connectivity index (χ2v) is 5.12. The molecule has 124 valence electrons. The zero-order valence-corrected chi connectivity index (χ0v) is 12.9. The van der Waals surface area contributed by atoms with Crippen LogP contribution in [0.4, 0.5) is 13.2 Å². The molecule has 1 N–H and O–H groups in total. The molecule has 1 unspecified atom stereocenters. The molecular weight excluding hydrogens is 295 g/mol. The molecule has 0 aromatic heterocycles. The summed E-state index contributed by atoms with van der Waals surface area (Å²) in [4.78, 5) is 12.1. The largest absolute Gasteiger partial charge is 0.573 e. The highest BCUT2D eigenvalue weighted by Crippen LogP contribution is 2.26. The molecule has 1 amide bonds. The summed E-state index contributed by atoms with van der Waals surface area (Å²) in [6, 6.07) is 5.82. The minimum Gasteiger partial charge on any atom is -0.405 e. The van der Waals surface area contributed by atoms with Crippen LogP contribution in [0.3, 0.4) is 0 Å². The molecule has 6 heteroatoms. The third-order valence-corrected chi connectivity index (χ3v) is 3.42. The lowest BCUT2D eigenvalue weighted by Gasteiger charge is -2.16. The van der Waals surface area contributed by atoms with Crippen molar-refractivity contribution in [1.82, 2.24) is 5.32 Å². The number of nitrogens with one attached hydrogen (secondary N) is 1. The van der Waals surface area contributed by atoms with Gasteiger partial charge in [-0.1, -0.05) is 44.9 Å². The van der Waals surface area contributed by atoms with Crippen LogP contribution in [-0.2, 0) is 11.3 Å². The highest BCUT2D eigenvalue weighted by molar-refractivity contribution is 5.78. The third-order valence-electron chi connectivity index (χ3n) is 3.42. The Balaban J connectivity index is 2.65. The quantitative estimate of drug-likeness (QED) is 0.771. The summed E-state index contributed by atoms with van der Waals surface area (Å²) in [5.41, 5.74) is 0.304. The summed E-state index contributed by atoms with van der Waals surface area (Å²) in [6.07, 6.45) is -1.27.